The summed E-state index contributed by atoms with van der Waals surface area (Å²) in [6.07, 6.45) is 6.52. The summed E-state index contributed by atoms with van der Waals surface area (Å²) in [5.41, 5.74) is 4.85. The van der Waals surface area contributed by atoms with Crippen LogP contribution in [0.4, 0.5) is 0 Å². The van der Waals surface area contributed by atoms with Gasteiger partial charge in [0, 0.05) is 0 Å². The lowest BCUT2D eigenvalue weighted by molar-refractivity contribution is -0.00000851. The van der Waals surface area contributed by atoms with Crippen molar-refractivity contribution in [2.24, 2.45) is 0 Å². The van der Waals surface area contributed by atoms with Gasteiger partial charge in [0.15, 0.2) is 0 Å². The number of rotatable bonds is 8. The summed E-state index contributed by atoms with van der Waals surface area (Å²) in [6.45, 7) is 11.0. The van der Waals surface area contributed by atoms with Gasteiger partial charge in [-0.1, -0.05) is 177 Å². The van der Waals surface area contributed by atoms with Gasteiger partial charge >= 0.3 is 0 Å². The van der Waals surface area contributed by atoms with Crippen LogP contribution >= 0.6 is 7.26 Å². The fraction of sp³-hybridized carbons (Fsp3) is 0.0233. The molecule has 6 aromatic rings. The Bertz CT molecular complexity index is 1560. The Labute approximate surface area is 276 Å². The minimum atomic E-state index is -1.78. The fourth-order valence-electron chi connectivity index (χ4n) is 4.98. The first kappa shape index (κ1) is 34.7. The first-order valence-electron chi connectivity index (χ1n) is 14.8. The first-order chi connectivity index (χ1) is 21.7. The third-order valence-corrected chi connectivity index (χ3v) is 11.7. The number of hydrogen-bond donors (Lipinski definition) is 0. The van der Waals surface area contributed by atoms with E-state index in [1.807, 2.05) is 72.8 Å². The Morgan fingerprint density at radius 2 is 0.622 bits per heavy atom. The molecule has 6 rings (SSSR count). The molecule has 0 aromatic heterocycles. The van der Waals surface area contributed by atoms with Crippen molar-refractivity contribution in [3.8, 4) is 0 Å². The minimum absolute atomic E-state index is 0. The smallest absolute Gasteiger partial charge is 0.116 e. The Morgan fingerprint density at radius 3 is 0.911 bits per heavy atom. The van der Waals surface area contributed by atoms with Crippen LogP contribution in [0.1, 0.15) is 22.3 Å². The van der Waals surface area contributed by atoms with Crippen LogP contribution in [0.25, 0.3) is 18.2 Å². The van der Waals surface area contributed by atoms with E-state index in [2.05, 4.69) is 141 Å². The molecular weight excluding hydrogens is 583 g/mol. The third kappa shape index (κ3) is 9.88. The molecule has 0 unspecified atom stereocenters. The molecule has 0 fully saturated rings. The zero-order valence-electron chi connectivity index (χ0n) is 25.6. The van der Waals surface area contributed by atoms with Crippen LogP contribution in [0.3, 0.4) is 0 Å². The summed E-state index contributed by atoms with van der Waals surface area (Å²) in [6, 6.07) is 62.1. The van der Waals surface area contributed by atoms with Crippen molar-refractivity contribution in [3.05, 3.63) is 218 Å². The second kappa shape index (κ2) is 18.8. The summed E-state index contributed by atoms with van der Waals surface area (Å²) in [5, 5.41) is 4.30. The standard InChI is InChI=1S/C25H22P.C10H10.C8H8.ClH/c1-5-13-22(14-6-1)21-26(23-15-7-2-8-16-23,24-17-9-3-10-18-24)25-19-11-4-12-20-25;1-3-9-5-7-10(4-2)8-6-9;1-2-8-6-4-3-5-7-8;/h1-20H,21H2;3-8H,1-2H2;2-7H,1H2;1H/q+1;;;/p-1. The minimum Gasteiger partial charge on any atom is -1.00 e. The molecule has 0 radical (unpaired) electrons. The van der Waals surface area contributed by atoms with Gasteiger partial charge in [0.25, 0.3) is 0 Å². The Balaban J connectivity index is 0.000000238. The summed E-state index contributed by atoms with van der Waals surface area (Å²) < 4.78 is 0. The van der Waals surface area contributed by atoms with Gasteiger partial charge in [-0.05, 0) is 58.7 Å². The average Bonchev–Trinajstić information content (AvgIpc) is 3.13. The van der Waals surface area contributed by atoms with Crippen LogP contribution < -0.4 is 28.3 Å². The number of benzene rings is 6. The van der Waals surface area contributed by atoms with Crippen LogP contribution in [-0.4, -0.2) is 0 Å². The van der Waals surface area contributed by atoms with Crippen LogP contribution in [0, 0.1) is 0 Å². The van der Waals surface area contributed by atoms with E-state index in [1.54, 1.807) is 0 Å². The molecule has 0 aliphatic carbocycles. The molecule has 0 saturated carbocycles. The van der Waals surface area contributed by atoms with Crippen molar-refractivity contribution < 1.29 is 12.4 Å². The van der Waals surface area contributed by atoms with E-state index < -0.39 is 7.26 Å². The largest absolute Gasteiger partial charge is 1.00 e. The third-order valence-electron chi connectivity index (χ3n) is 7.30. The van der Waals surface area contributed by atoms with Crippen molar-refractivity contribution in [3.63, 3.8) is 0 Å². The zero-order chi connectivity index (χ0) is 30.9. The van der Waals surface area contributed by atoms with E-state index in [-0.39, 0.29) is 12.4 Å². The molecular formula is C43H40ClP. The van der Waals surface area contributed by atoms with Crippen LogP contribution in [0.2, 0.25) is 0 Å². The van der Waals surface area contributed by atoms with E-state index in [9.17, 15) is 0 Å². The topological polar surface area (TPSA) is 0 Å². The van der Waals surface area contributed by atoms with Gasteiger partial charge in [0.1, 0.15) is 23.2 Å². The lowest BCUT2D eigenvalue weighted by Crippen LogP contribution is -3.00. The van der Waals surface area contributed by atoms with Crippen LogP contribution in [0.5, 0.6) is 0 Å². The van der Waals surface area contributed by atoms with Gasteiger partial charge in [-0.2, -0.15) is 0 Å². The Kier molecular flexibility index (Phi) is 14.5. The summed E-state index contributed by atoms with van der Waals surface area (Å²) in [5.74, 6) is 0. The lowest BCUT2D eigenvalue weighted by Gasteiger charge is -2.27. The predicted molar refractivity (Wildman–Crippen MR) is 198 cm³/mol. The molecule has 0 amide bonds. The number of halogens is 1. The maximum Gasteiger partial charge on any atom is 0.116 e. The monoisotopic (exact) mass is 622 g/mol. The van der Waals surface area contributed by atoms with Crippen molar-refractivity contribution in [1.29, 1.82) is 0 Å². The normalized spacial score (nSPS) is 9.96. The summed E-state index contributed by atoms with van der Waals surface area (Å²) in [4.78, 5) is 0. The molecule has 0 aliphatic heterocycles. The maximum absolute atomic E-state index is 3.66. The van der Waals surface area contributed by atoms with Gasteiger partial charge < -0.3 is 12.4 Å². The molecule has 0 spiro atoms. The summed E-state index contributed by atoms with van der Waals surface area (Å²) >= 11 is 0. The van der Waals surface area contributed by atoms with Crippen LogP contribution in [0.15, 0.2) is 196 Å². The SMILES string of the molecule is C=Cc1ccc(C=C)cc1.C=Cc1ccccc1.[Cl-].c1ccc(C[P+](c2ccccc2)(c2ccccc2)c2ccccc2)cc1. The molecule has 0 heterocycles. The van der Waals surface area contributed by atoms with Gasteiger partial charge in [-0.15, -0.1) is 0 Å². The van der Waals surface area contributed by atoms with E-state index in [0.717, 1.165) is 17.3 Å². The van der Waals surface area contributed by atoms with Gasteiger partial charge in [0.05, 0.1) is 6.16 Å². The first-order valence-corrected chi connectivity index (χ1v) is 16.8. The predicted octanol–water partition coefficient (Wildman–Crippen LogP) is 7.49. The van der Waals surface area contributed by atoms with E-state index in [0.29, 0.717) is 0 Å². The Morgan fingerprint density at radius 1 is 0.356 bits per heavy atom. The highest BCUT2D eigenvalue weighted by atomic mass is 35.5. The maximum atomic E-state index is 3.66. The molecule has 224 valence electrons. The molecule has 6 aromatic carbocycles. The van der Waals surface area contributed by atoms with Crippen molar-refractivity contribution in [2.75, 3.05) is 0 Å². The van der Waals surface area contributed by atoms with Gasteiger partial charge in [0.2, 0.25) is 0 Å². The average molecular weight is 623 g/mol. The summed E-state index contributed by atoms with van der Waals surface area (Å²) in [7, 11) is -1.78. The lowest BCUT2D eigenvalue weighted by atomic mass is 10.1. The highest BCUT2D eigenvalue weighted by Gasteiger charge is 2.45. The molecule has 0 atom stereocenters. The van der Waals surface area contributed by atoms with Gasteiger partial charge in [-0.3, -0.25) is 0 Å². The van der Waals surface area contributed by atoms with Crippen molar-refractivity contribution >= 4 is 41.4 Å². The van der Waals surface area contributed by atoms with Crippen molar-refractivity contribution in [2.45, 2.75) is 6.16 Å². The molecule has 0 aliphatic rings. The zero-order valence-corrected chi connectivity index (χ0v) is 27.3. The molecule has 0 saturated heterocycles. The van der Waals surface area contributed by atoms with E-state index in [1.165, 1.54) is 27.0 Å². The molecule has 0 N–H and O–H groups in total. The van der Waals surface area contributed by atoms with Gasteiger partial charge in [-0.25, -0.2) is 0 Å². The van der Waals surface area contributed by atoms with E-state index in [4.69, 9.17) is 0 Å². The van der Waals surface area contributed by atoms with E-state index >= 15 is 0 Å². The highest BCUT2D eigenvalue weighted by molar-refractivity contribution is 7.95. The molecule has 0 bridgehead atoms. The van der Waals surface area contributed by atoms with Crippen molar-refractivity contribution in [1.82, 2.24) is 0 Å². The quantitative estimate of drug-likeness (QED) is 0.154. The van der Waals surface area contributed by atoms with Crippen LogP contribution in [-0.2, 0) is 6.16 Å². The molecule has 2 heteroatoms. The highest BCUT2D eigenvalue weighted by Crippen LogP contribution is 2.58. The second-order valence-electron chi connectivity index (χ2n) is 10.1. The number of hydrogen-bond acceptors (Lipinski definition) is 0. The fourth-order valence-corrected chi connectivity index (χ4v) is 9.23. The molecule has 0 nitrogen and oxygen atoms in total. The Hall–Kier alpha value is -4.74. The second-order valence-corrected chi connectivity index (χ2v) is 13.6. The molecule has 45 heavy (non-hydrogen) atoms.